The van der Waals surface area contributed by atoms with Gasteiger partial charge in [-0.25, -0.2) is 0 Å². The molecular weight excluding hydrogens is 246 g/mol. The molecule has 0 aliphatic carbocycles. The lowest BCUT2D eigenvalue weighted by Gasteiger charge is -2.34. The second-order valence-electron chi connectivity index (χ2n) is 4.94. The van der Waals surface area contributed by atoms with Crippen molar-refractivity contribution in [1.82, 2.24) is 4.90 Å². The van der Waals surface area contributed by atoms with E-state index in [1.165, 1.54) is 31.4 Å². The zero-order valence-electron chi connectivity index (χ0n) is 11.1. The Hall–Kier alpha value is -0.730. The normalized spacial score (nSPS) is 20.9. The highest BCUT2D eigenvalue weighted by molar-refractivity contribution is 6.18. The number of benzene rings is 1. The van der Waals surface area contributed by atoms with E-state index in [2.05, 4.69) is 17.0 Å². The van der Waals surface area contributed by atoms with Crippen LogP contribution in [0, 0.1) is 0 Å². The summed E-state index contributed by atoms with van der Waals surface area (Å²) < 4.78 is 5.17. The first-order chi connectivity index (χ1) is 8.83. The molecule has 1 aliphatic rings. The molecule has 1 saturated heterocycles. The summed E-state index contributed by atoms with van der Waals surface area (Å²) in [6, 6.07) is 8.95. The number of likely N-dealkylation sites (tertiary alicyclic amines) is 1. The molecule has 1 unspecified atom stereocenters. The minimum Gasteiger partial charge on any atom is -0.497 e. The van der Waals surface area contributed by atoms with E-state index in [9.17, 15) is 0 Å². The molecule has 0 spiro atoms. The zero-order valence-corrected chi connectivity index (χ0v) is 11.8. The summed E-state index contributed by atoms with van der Waals surface area (Å²) in [5.41, 5.74) is 1.37. The minimum absolute atomic E-state index is 0.582. The predicted molar refractivity (Wildman–Crippen MR) is 76.6 cm³/mol. The predicted octanol–water partition coefficient (Wildman–Crippen LogP) is 3.33. The van der Waals surface area contributed by atoms with Crippen molar-refractivity contribution < 1.29 is 4.74 Å². The highest BCUT2D eigenvalue weighted by Gasteiger charge is 2.20. The maximum absolute atomic E-state index is 6.04. The van der Waals surface area contributed by atoms with Gasteiger partial charge in [0.1, 0.15) is 5.75 Å². The second kappa shape index (κ2) is 7.01. The van der Waals surface area contributed by atoms with Crippen molar-refractivity contribution in [1.29, 1.82) is 0 Å². The van der Waals surface area contributed by atoms with Gasteiger partial charge >= 0.3 is 0 Å². The SMILES string of the molecule is COc1ccc(CCN2CCCCC2CCl)cc1. The quantitative estimate of drug-likeness (QED) is 0.759. The lowest BCUT2D eigenvalue weighted by Crippen LogP contribution is -2.41. The van der Waals surface area contributed by atoms with Gasteiger partial charge in [-0.3, -0.25) is 4.90 Å². The Morgan fingerprint density at radius 3 is 2.72 bits per heavy atom. The third kappa shape index (κ3) is 3.63. The standard InChI is InChI=1S/C15H22ClNO/c1-18-15-7-5-13(6-8-15)9-11-17-10-3-2-4-14(17)12-16/h5-8,14H,2-4,9-12H2,1H3. The summed E-state index contributed by atoms with van der Waals surface area (Å²) in [6.45, 7) is 2.32. The Balaban J connectivity index is 1.85. The van der Waals surface area contributed by atoms with Crippen LogP contribution in [0.2, 0.25) is 0 Å². The van der Waals surface area contributed by atoms with Crippen LogP contribution >= 0.6 is 11.6 Å². The molecule has 18 heavy (non-hydrogen) atoms. The highest BCUT2D eigenvalue weighted by Crippen LogP contribution is 2.19. The van der Waals surface area contributed by atoms with Crippen LogP contribution < -0.4 is 4.74 Å². The molecule has 1 atom stereocenters. The van der Waals surface area contributed by atoms with Crippen LogP contribution in [-0.2, 0) is 6.42 Å². The van der Waals surface area contributed by atoms with Crippen LogP contribution in [0.3, 0.4) is 0 Å². The molecule has 1 aliphatic heterocycles. The van der Waals surface area contributed by atoms with Crippen molar-refractivity contribution in [3.8, 4) is 5.75 Å². The Morgan fingerprint density at radius 2 is 2.06 bits per heavy atom. The lowest BCUT2D eigenvalue weighted by atomic mass is 10.0. The fourth-order valence-electron chi connectivity index (χ4n) is 2.59. The van der Waals surface area contributed by atoms with Gasteiger partial charge in [-0.1, -0.05) is 18.6 Å². The highest BCUT2D eigenvalue weighted by atomic mass is 35.5. The van der Waals surface area contributed by atoms with Crippen LogP contribution in [0.15, 0.2) is 24.3 Å². The van der Waals surface area contributed by atoms with Gasteiger partial charge in [0.05, 0.1) is 7.11 Å². The number of methoxy groups -OCH3 is 1. The molecule has 2 rings (SSSR count). The fourth-order valence-corrected chi connectivity index (χ4v) is 2.94. The molecule has 1 aromatic rings. The van der Waals surface area contributed by atoms with Gasteiger partial charge in [0.25, 0.3) is 0 Å². The summed E-state index contributed by atoms with van der Waals surface area (Å²) in [5.74, 6) is 1.69. The molecule has 2 nitrogen and oxygen atoms in total. The number of rotatable bonds is 5. The summed E-state index contributed by atoms with van der Waals surface area (Å²) in [7, 11) is 1.70. The van der Waals surface area contributed by atoms with Crippen LogP contribution in [0.25, 0.3) is 0 Å². The fraction of sp³-hybridized carbons (Fsp3) is 0.600. The Labute approximate surface area is 115 Å². The summed E-state index contributed by atoms with van der Waals surface area (Å²) in [5, 5.41) is 0. The third-order valence-electron chi connectivity index (χ3n) is 3.77. The first kappa shape index (κ1) is 13.7. The van der Waals surface area contributed by atoms with E-state index in [0.29, 0.717) is 6.04 Å². The number of hydrogen-bond donors (Lipinski definition) is 0. The molecule has 1 fully saturated rings. The lowest BCUT2D eigenvalue weighted by molar-refractivity contribution is 0.165. The average molecular weight is 268 g/mol. The summed E-state index contributed by atoms with van der Waals surface area (Å²) >= 11 is 6.04. The van der Waals surface area contributed by atoms with Crippen molar-refractivity contribution in [2.24, 2.45) is 0 Å². The zero-order chi connectivity index (χ0) is 12.8. The van der Waals surface area contributed by atoms with E-state index < -0.39 is 0 Å². The molecule has 0 bridgehead atoms. The molecule has 3 heteroatoms. The molecule has 0 amide bonds. The van der Waals surface area contributed by atoms with Gasteiger partial charge in [0.2, 0.25) is 0 Å². The van der Waals surface area contributed by atoms with Crippen molar-refractivity contribution >= 4 is 11.6 Å². The second-order valence-corrected chi connectivity index (χ2v) is 5.25. The molecule has 1 aromatic carbocycles. The summed E-state index contributed by atoms with van der Waals surface area (Å²) in [6.07, 6.45) is 5.00. The number of hydrogen-bond acceptors (Lipinski definition) is 2. The van der Waals surface area contributed by atoms with Gasteiger partial charge in [0.15, 0.2) is 0 Å². The number of halogens is 1. The van der Waals surface area contributed by atoms with E-state index >= 15 is 0 Å². The molecule has 0 N–H and O–H groups in total. The maximum atomic E-state index is 6.04. The third-order valence-corrected chi connectivity index (χ3v) is 4.13. The van der Waals surface area contributed by atoms with Crippen molar-refractivity contribution in [3.63, 3.8) is 0 Å². The van der Waals surface area contributed by atoms with E-state index in [-0.39, 0.29) is 0 Å². The van der Waals surface area contributed by atoms with E-state index in [0.717, 1.165) is 24.6 Å². The van der Waals surface area contributed by atoms with Crippen LogP contribution in [-0.4, -0.2) is 37.0 Å². The minimum atomic E-state index is 0.582. The number of alkyl halides is 1. The molecular formula is C15H22ClNO. The van der Waals surface area contributed by atoms with E-state index in [1.807, 2.05) is 12.1 Å². The molecule has 0 radical (unpaired) electrons. The van der Waals surface area contributed by atoms with Crippen LogP contribution in [0.1, 0.15) is 24.8 Å². The van der Waals surface area contributed by atoms with Gasteiger partial charge in [-0.15, -0.1) is 11.6 Å². The largest absolute Gasteiger partial charge is 0.497 e. The number of ether oxygens (including phenoxy) is 1. The Bertz CT molecular complexity index is 352. The first-order valence-corrected chi connectivity index (χ1v) is 7.30. The van der Waals surface area contributed by atoms with E-state index in [4.69, 9.17) is 16.3 Å². The van der Waals surface area contributed by atoms with Gasteiger partial charge in [0, 0.05) is 18.5 Å². The van der Waals surface area contributed by atoms with Gasteiger partial charge in [-0.2, -0.15) is 0 Å². The van der Waals surface area contributed by atoms with Gasteiger partial charge < -0.3 is 4.74 Å². The summed E-state index contributed by atoms with van der Waals surface area (Å²) in [4.78, 5) is 2.54. The molecule has 0 saturated carbocycles. The smallest absolute Gasteiger partial charge is 0.118 e. The Morgan fingerprint density at radius 1 is 1.28 bits per heavy atom. The monoisotopic (exact) mass is 267 g/mol. The maximum Gasteiger partial charge on any atom is 0.118 e. The molecule has 100 valence electrons. The van der Waals surface area contributed by atoms with Crippen molar-refractivity contribution in [2.75, 3.05) is 26.1 Å². The van der Waals surface area contributed by atoms with Crippen molar-refractivity contribution in [3.05, 3.63) is 29.8 Å². The number of piperidine rings is 1. The first-order valence-electron chi connectivity index (χ1n) is 6.76. The van der Waals surface area contributed by atoms with E-state index in [1.54, 1.807) is 7.11 Å². The Kier molecular flexibility index (Phi) is 5.33. The molecule has 0 aromatic heterocycles. The number of nitrogens with zero attached hydrogens (tertiary/aromatic N) is 1. The van der Waals surface area contributed by atoms with Crippen LogP contribution in [0.4, 0.5) is 0 Å². The molecule has 1 heterocycles. The van der Waals surface area contributed by atoms with Gasteiger partial charge in [-0.05, 0) is 43.5 Å². The topological polar surface area (TPSA) is 12.5 Å². The average Bonchev–Trinajstić information content (AvgIpc) is 2.46. The van der Waals surface area contributed by atoms with Crippen molar-refractivity contribution in [2.45, 2.75) is 31.7 Å². The van der Waals surface area contributed by atoms with Crippen LogP contribution in [0.5, 0.6) is 5.75 Å².